The van der Waals surface area contributed by atoms with Crippen LogP contribution in [0.3, 0.4) is 0 Å². The zero-order valence-corrected chi connectivity index (χ0v) is 23.9. The number of ketones is 2. The maximum atomic E-state index is 14.1. The first-order chi connectivity index (χ1) is 20.1. The summed E-state index contributed by atoms with van der Waals surface area (Å²) in [4.78, 5) is 42.6. The summed E-state index contributed by atoms with van der Waals surface area (Å²) in [5.41, 5.74) is 2.72. The zero-order chi connectivity index (χ0) is 31.7. The molecule has 13 heteroatoms. The Hall–Kier alpha value is -4.49. The molecule has 0 bridgehead atoms. The van der Waals surface area contributed by atoms with Gasteiger partial charge in [0.25, 0.3) is 5.91 Å². The van der Waals surface area contributed by atoms with Crippen molar-refractivity contribution in [2.75, 3.05) is 38.4 Å². The van der Waals surface area contributed by atoms with Crippen molar-refractivity contribution in [2.45, 2.75) is 31.0 Å². The van der Waals surface area contributed by atoms with Crippen molar-refractivity contribution in [3.05, 3.63) is 69.5 Å². The van der Waals surface area contributed by atoms with Crippen molar-refractivity contribution >= 4 is 34.6 Å². The maximum Gasteiger partial charge on any atom is 0.255 e. The second-order valence-corrected chi connectivity index (χ2v) is 11.6. The molecule has 0 aliphatic heterocycles. The number of carbonyl (C=O) groups is 3. The Bertz CT molecular complexity index is 1630. The van der Waals surface area contributed by atoms with Gasteiger partial charge in [-0.25, -0.2) is 8.78 Å². The number of benzene rings is 2. The summed E-state index contributed by atoms with van der Waals surface area (Å²) >= 11 is 0. The number of carbonyl (C=O) groups excluding carboxylic acids is 3. The number of hydrogen-bond acceptors (Lipinski definition) is 10. The van der Waals surface area contributed by atoms with Crippen LogP contribution < -0.4 is 16.0 Å². The van der Waals surface area contributed by atoms with Crippen LogP contribution in [0.25, 0.3) is 5.76 Å². The normalized spacial score (nSPS) is 25.0. The first kappa shape index (κ1) is 30.0. The van der Waals surface area contributed by atoms with E-state index in [-0.39, 0.29) is 41.8 Å². The minimum absolute atomic E-state index is 0.0372. The van der Waals surface area contributed by atoms with E-state index >= 15 is 0 Å². The molecule has 4 atom stereocenters. The van der Waals surface area contributed by atoms with E-state index in [9.17, 15) is 43.6 Å². The lowest BCUT2D eigenvalue weighted by molar-refractivity contribution is -0.153. The van der Waals surface area contributed by atoms with Crippen LogP contribution in [0.5, 0.6) is 5.75 Å². The van der Waals surface area contributed by atoms with E-state index in [2.05, 4.69) is 5.32 Å². The molecule has 1 amide bonds. The van der Waals surface area contributed by atoms with Crippen LogP contribution in [-0.4, -0.2) is 82.6 Å². The van der Waals surface area contributed by atoms with Gasteiger partial charge in [-0.15, -0.1) is 0 Å². The van der Waals surface area contributed by atoms with E-state index in [1.165, 1.54) is 19.0 Å². The molecule has 0 heterocycles. The molecule has 0 saturated heterocycles. The van der Waals surface area contributed by atoms with Gasteiger partial charge >= 0.3 is 0 Å². The van der Waals surface area contributed by atoms with E-state index < -0.39 is 75.4 Å². The molecule has 0 aromatic heterocycles. The second-order valence-electron chi connectivity index (χ2n) is 11.6. The Balaban J connectivity index is 1.66. The van der Waals surface area contributed by atoms with Gasteiger partial charge in [0.15, 0.2) is 11.4 Å². The lowest BCUT2D eigenvalue weighted by Crippen LogP contribution is -2.65. The summed E-state index contributed by atoms with van der Waals surface area (Å²) in [5, 5.41) is 48.6. The Morgan fingerprint density at radius 2 is 1.70 bits per heavy atom. The number of anilines is 2. The van der Waals surface area contributed by atoms with Crippen LogP contribution >= 0.6 is 0 Å². The fraction of sp³-hybridized carbons (Fsp3) is 0.367. The molecule has 3 aliphatic rings. The third kappa shape index (κ3) is 4.50. The fourth-order valence-corrected chi connectivity index (χ4v) is 6.74. The highest BCUT2D eigenvalue weighted by atomic mass is 19.1. The number of rotatable bonds is 6. The first-order valence-electron chi connectivity index (χ1n) is 13.5. The van der Waals surface area contributed by atoms with Crippen molar-refractivity contribution in [1.29, 1.82) is 0 Å². The zero-order valence-electron chi connectivity index (χ0n) is 23.9. The molecule has 2 aromatic carbocycles. The Morgan fingerprint density at radius 1 is 1.07 bits per heavy atom. The highest BCUT2D eigenvalue weighted by Crippen LogP contribution is 2.54. The summed E-state index contributed by atoms with van der Waals surface area (Å²) in [6.45, 7) is -0.0945. The minimum atomic E-state index is -2.75. The molecule has 11 nitrogen and oxygen atoms in total. The van der Waals surface area contributed by atoms with Crippen LogP contribution in [0.4, 0.5) is 20.2 Å². The lowest BCUT2D eigenvalue weighted by Gasteiger charge is -2.50. The Labute approximate surface area is 245 Å². The van der Waals surface area contributed by atoms with E-state index in [4.69, 9.17) is 5.73 Å². The van der Waals surface area contributed by atoms with Gasteiger partial charge in [0, 0.05) is 43.9 Å². The molecule has 0 spiro atoms. The number of phenolic OH excluding ortho intramolecular Hbond substituents is 1. The third-order valence-electron chi connectivity index (χ3n) is 8.58. The smallest absolute Gasteiger partial charge is 0.255 e. The fourth-order valence-electron chi connectivity index (χ4n) is 6.74. The number of aliphatic hydroxyl groups is 3. The van der Waals surface area contributed by atoms with Gasteiger partial charge in [0.2, 0.25) is 5.78 Å². The number of nitrogens with one attached hydrogen (secondary N) is 1. The molecular weight excluding hydrogens is 566 g/mol. The minimum Gasteiger partial charge on any atom is -0.508 e. The second kappa shape index (κ2) is 10.3. The van der Waals surface area contributed by atoms with Gasteiger partial charge in [-0.1, -0.05) is 0 Å². The van der Waals surface area contributed by atoms with Crippen molar-refractivity contribution in [1.82, 2.24) is 4.90 Å². The third-order valence-corrected chi connectivity index (χ3v) is 8.58. The average Bonchev–Trinajstić information content (AvgIpc) is 2.89. The number of nitrogens with zero attached hydrogens (tertiary/aromatic N) is 2. The summed E-state index contributed by atoms with van der Waals surface area (Å²) in [6.07, 6.45) is 0.0789. The number of aliphatic hydroxyl groups excluding tert-OH is 2. The number of Topliss-reactive ketones (excluding diaryl/α,β-unsaturated/α-hetero) is 2. The number of fused-ring (bicyclic) bond motifs is 3. The Kier molecular flexibility index (Phi) is 7.22. The summed E-state index contributed by atoms with van der Waals surface area (Å²) in [7, 11) is 6.52. The molecule has 43 heavy (non-hydrogen) atoms. The molecule has 0 radical (unpaired) electrons. The number of phenols is 1. The lowest BCUT2D eigenvalue weighted by atomic mass is 9.57. The number of primary amides is 1. The molecule has 1 unspecified atom stereocenters. The van der Waals surface area contributed by atoms with E-state index in [0.29, 0.717) is 11.3 Å². The SMILES string of the molecule is CN(C)c1cc(NCc2cc(F)cc(F)c2)c(O)c2c1C[C@H]1C[C@@H]3[C@H](N(C)C)C(=O)C(C(N)=O)=C(O)C3(O)C(=O)C1=C2O. The monoisotopic (exact) mass is 598 g/mol. The first-order valence-corrected chi connectivity index (χ1v) is 13.5. The van der Waals surface area contributed by atoms with Gasteiger partial charge in [-0.2, -0.15) is 0 Å². The molecule has 7 N–H and O–H groups in total. The summed E-state index contributed by atoms with van der Waals surface area (Å²) in [6, 6.07) is 3.39. The summed E-state index contributed by atoms with van der Waals surface area (Å²) in [5.74, 6) is -8.99. The quantitative estimate of drug-likeness (QED) is 0.213. The molecule has 228 valence electrons. The number of aromatic hydroxyl groups is 1. The molecule has 2 aromatic rings. The molecule has 5 rings (SSSR count). The highest BCUT2D eigenvalue weighted by Gasteiger charge is 2.64. The number of halogens is 2. The van der Waals surface area contributed by atoms with Crippen LogP contribution in [-0.2, 0) is 27.3 Å². The van der Waals surface area contributed by atoms with Crippen LogP contribution in [0.2, 0.25) is 0 Å². The van der Waals surface area contributed by atoms with Gasteiger partial charge < -0.3 is 36.4 Å². The summed E-state index contributed by atoms with van der Waals surface area (Å²) < 4.78 is 27.5. The number of amides is 1. The molecule has 3 aliphatic carbocycles. The molecular formula is C30H32F2N4O7. The van der Waals surface area contributed by atoms with E-state index in [1.807, 2.05) is 0 Å². The van der Waals surface area contributed by atoms with Crippen molar-refractivity contribution < 1.29 is 43.6 Å². The standard InChI is InChI=1S/C30H32F2N4O7/c1-35(2)19-10-18(34-11-12-5-14(31)9-15(32)6-12)24(37)21-16(19)7-13-8-17-23(36(3)4)26(39)22(29(33)42)28(41)30(17,43)27(40)20(13)25(21)38/h5-6,9-10,13,17,23,34,37-38,41,43H,7-8,11H2,1-4H3,(H2,33,42)/t13-,17+,23-,30?/m0/s1. The van der Waals surface area contributed by atoms with Crippen LogP contribution in [0.1, 0.15) is 23.1 Å². The highest BCUT2D eigenvalue weighted by molar-refractivity contribution is 6.24. The average molecular weight is 599 g/mol. The predicted octanol–water partition coefficient (Wildman–Crippen LogP) is 1.92. The van der Waals surface area contributed by atoms with E-state index in [1.54, 1.807) is 25.1 Å². The molecule has 1 saturated carbocycles. The van der Waals surface area contributed by atoms with E-state index in [0.717, 1.165) is 18.2 Å². The maximum absolute atomic E-state index is 14.1. The van der Waals surface area contributed by atoms with Crippen molar-refractivity contribution in [3.8, 4) is 5.75 Å². The number of nitrogens with two attached hydrogens (primary N) is 1. The van der Waals surface area contributed by atoms with Crippen molar-refractivity contribution in [3.63, 3.8) is 0 Å². The largest absolute Gasteiger partial charge is 0.508 e. The predicted molar refractivity (Wildman–Crippen MR) is 152 cm³/mol. The number of hydrogen-bond donors (Lipinski definition) is 6. The molecule has 1 fully saturated rings. The number of likely N-dealkylation sites (N-methyl/N-ethyl adjacent to an activating group) is 1. The van der Waals surface area contributed by atoms with Gasteiger partial charge in [-0.05, 0) is 62.2 Å². The van der Waals surface area contributed by atoms with Gasteiger partial charge in [-0.3, -0.25) is 19.3 Å². The topological polar surface area (TPSA) is 177 Å². The van der Waals surface area contributed by atoms with Crippen molar-refractivity contribution in [2.24, 2.45) is 17.6 Å². The van der Waals surface area contributed by atoms with Crippen LogP contribution in [0.15, 0.2) is 41.2 Å². The van der Waals surface area contributed by atoms with Gasteiger partial charge in [0.05, 0.1) is 17.3 Å². The van der Waals surface area contributed by atoms with Crippen LogP contribution in [0, 0.1) is 23.5 Å². The Morgan fingerprint density at radius 3 is 2.26 bits per heavy atom. The van der Waals surface area contributed by atoms with Gasteiger partial charge in [0.1, 0.15) is 34.5 Å².